The second-order valence-corrected chi connectivity index (χ2v) is 12.5. The minimum atomic E-state index is -1.82. The Morgan fingerprint density at radius 1 is 0.581 bits per heavy atom. The van der Waals surface area contributed by atoms with Gasteiger partial charge < -0.3 is 24.0 Å². The van der Waals surface area contributed by atoms with E-state index in [9.17, 15) is 0 Å². The third-order valence-corrected chi connectivity index (χ3v) is 11.2. The fourth-order valence-electron chi connectivity index (χ4n) is 3.65. The topological polar surface area (TPSA) is 0 Å². The van der Waals surface area contributed by atoms with E-state index < -0.39 is 15.2 Å². The van der Waals surface area contributed by atoms with Gasteiger partial charge in [0.2, 0.25) is 0 Å². The summed E-state index contributed by atoms with van der Waals surface area (Å²) in [5, 5.41) is 5.34. The second-order valence-electron chi connectivity index (χ2n) is 7.03. The molecule has 4 aromatic rings. The van der Waals surface area contributed by atoms with E-state index >= 15 is 0 Å². The molecule has 0 saturated carbocycles. The minimum Gasteiger partial charge on any atom is -1.00 e. The van der Waals surface area contributed by atoms with Gasteiger partial charge in [-0.05, 0) is 47.5 Å². The van der Waals surface area contributed by atoms with Crippen molar-refractivity contribution >= 4 is 36.4 Å². The molecular formula is C28H25IP2. The van der Waals surface area contributed by atoms with Crippen molar-refractivity contribution < 1.29 is 24.0 Å². The maximum absolute atomic E-state index is 3.90. The SMILES string of the molecule is CC[P+](C#CP(c1ccccc1)c1ccccc1)(c1ccccc1)c1ccccc1.[I-]. The van der Waals surface area contributed by atoms with Crippen LogP contribution < -0.4 is 45.2 Å². The third-order valence-electron chi connectivity index (χ3n) is 5.25. The normalized spacial score (nSPS) is 10.6. The van der Waals surface area contributed by atoms with Crippen molar-refractivity contribution in [1.29, 1.82) is 0 Å². The van der Waals surface area contributed by atoms with Crippen molar-refractivity contribution in [2.24, 2.45) is 0 Å². The molecule has 0 aromatic heterocycles. The molecule has 0 N–H and O–H groups in total. The van der Waals surface area contributed by atoms with Crippen LogP contribution >= 0.6 is 15.2 Å². The van der Waals surface area contributed by atoms with Crippen molar-refractivity contribution in [2.45, 2.75) is 6.92 Å². The summed E-state index contributed by atoms with van der Waals surface area (Å²) in [5.41, 5.74) is 7.71. The molecule has 0 heterocycles. The summed E-state index contributed by atoms with van der Waals surface area (Å²) in [6.07, 6.45) is 1.03. The first-order valence-electron chi connectivity index (χ1n) is 10.3. The average Bonchev–Trinajstić information content (AvgIpc) is 2.84. The number of halogens is 1. The Labute approximate surface area is 205 Å². The van der Waals surface area contributed by atoms with Crippen LogP contribution in [0, 0.1) is 11.3 Å². The monoisotopic (exact) mass is 550 g/mol. The van der Waals surface area contributed by atoms with Crippen molar-refractivity contribution in [3.63, 3.8) is 0 Å². The molecule has 4 rings (SSSR count). The Morgan fingerprint density at radius 2 is 0.935 bits per heavy atom. The first kappa shape index (κ1) is 23.7. The number of hydrogen-bond acceptors (Lipinski definition) is 0. The molecule has 31 heavy (non-hydrogen) atoms. The summed E-state index contributed by atoms with van der Waals surface area (Å²) in [5.74, 6) is 0. The molecule has 0 unspecified atom stereocenters. The average molecular weight is 550 g/mol. The predicted molar refractivity (Wildman–Crippen MR) is 136 cm³/mol. The van der Waals surface area contributed by atoms with E-state index in [0.29, 0.717) is 0 Å². The lowest BCUT2D eigenvalue weighted by molar-refractivity contribution is -0.00000574. The fraction of sp³-hybridized carbons (Fsp3) is 0.0714. The van der Waals surface area contributed by atoms with Crippen molar-refractivity contribution in [3.8, 4) is 11.3 Å². The maximum atomic E-state index is 3.90. The molecule has 0 atom stereocenters. The summed E-state index contributed by atoms with van der Waals surface area (Å²) in [4.78, 5) is 0. The highest BCUT2D eigenvalue weighted by molar-refractivity contribution is 7.94. The van der Waals surface area contributed by atoms with Crippen molar-refractivity contribution in [3.05, 3.63) is 121 Å². The summed E-state index contributed by atoms with van der Waals surface area (Å²) in [7, 11) is -2.56. The summed E-state index contributed by atoms with van der Waals surface area (Å²) >= 11 is 0. The van der Waals surface area contributed by atoms with E-state index in [1.54, 1.807) is 0 Å². The highest BCUT2D eigenvalue weighted by Crippen LogP contribution is 2.55. The highest BCUT2D eigenvalue weighted by atomic mass is 127. The van der Waals surface area contributed by atoms with Crippen LogP contribution in [0.2, 0.25) is 0 Å². The third kappa shape index (κ3) is 5.45. The molecule has 0 bridgehead atoms. The molecule has 154 valence electrons. The Bertz CT molecular complexity index is 1040. The van der Waals surface area contributed by atoms with Crippen LogP contribution in [-0.4, -0.2) is 6.16 Å². The second kappa shape index (κ2) is 11.6. The zero-order valence-electron chi connectivity index (χ0n) is 17.5. The van der Waals surface area contributed by atoms with Crippen LogP contribution in [-0.2, 0) is 0 Å². The minimum absolute atomic E-state index is 0. The smallest absolute Gasteiger partial charge is 0.156 e. The van der Waals surface area contributed by atoms with Crippen molar-refractivity contribution in [1.82, 2.24) is 0 Å². The van der Waals surface area contributed by atoms with E-state index in [4.69, 9.17) is 0 Å². The largest absolute Gasteiger partial charge is 1.00 e. The predicted octanol–water partition coefficient (Wildman–Crippen LogP) is 2.73. The lowest BCUT2D eigenvalue weighted by Gasteiger charge is -2.20. The zero-order valence-corrected chi connectivity index (χ0v) is 21.5. The molecule has 4 aromatic carbocycles. The molecule has 0 fully saturated rings. The number of benzene rings is 4. The first-order chi connectivity index (χ1) is 14.8. The van der Waals surface area contributed by atoms with Gasteiger partial charge in [-0.25, -0.2) is 0 Å². The van der Waals surface area contributed by atoms with Crippen LogP contribution in [0.5, 0.6) is 0 Å². The standard InChI is InChI=1S/C28H25P2.HI/c1-2-30(27-19-11-5-12-20-27,28-21-13-6-14-22-28)24-23-29(25-15-7-3-8-16-25)26-17-9-4-10-18-26;/h3-22H,2H2,1H3;1H/q+1;/p-1. The van der Waals surface area contributed by atoms with E-state index in [2.05, 4.69) is 140 Å². The zero-order chi connectivity index (χ0) is 20.7. The van der Waals surface area contributed by atoms with Gasteiger partial charge in [0, 0.05) is 7.92 Å². The van der Waals surface area contributed by atoms with Crippen LogP contribution in [0.4, 0.5) is 0 Å². The molecular weight excluding hydrogens is 525 g/mol. The Morgan fingerprint density at radius 3 is 1.29 bits per heavy atom. The van der Waals surface area contributed by atoms with Gasteiger partial charge in [-0.2, -0.15) is 0 Å². The summed E-state index contributed by atoms with van der Waals surface area (Å²) in [6.45, 7) is 2.29. The van der Waals surface area contributed by atoms with Gasteiger partial charge in [0.1, 0.15) is 10.6 Å². The summed E-state index contributed by atoms with van der Waals surface area (Å²) in [6, 6.07) is 43.2. The fourth-order valence-corrected chi connectivity index (χ4v) is 9.04. The van der Waals surface area contributed by atoms with E-state index in [0.717, 1.165) is 6.16 Å². The Kier molecular flexibility index (Phi) is 8.86. The van der Waals surface area contributed by atoms with E-state index in [1.165, 1.54) is 21.2 Å². The number of rotatable bonds is 5. The number of hydrogen-bond donors (Lipinski definition) is 0. The van der Waals surface area contributed by atoms with Crippen LogP contribution in [0.3, 0.4) is 0 Å². The van der Waals surface area contributed by atoms with E-state index in [-0.39, 0.29) is 24.0 Å². The molecule has 0 nitrogen and oxygen atoms in total. The lowest BCUT2D eigenvalue weighted by atomic mass is 10.4. The van der Waals surface area contributed by atoms with Crippen LogP contribution in [0.25, 0.3) is 0 Å². The lowest BCUT2D eigenvalue weighted by Crippen LogP contribution is -3.00. The van der Waals surface area contributed by atoms with Gasteiger partial charge in [0.25, 0.3) is 0 Å². The molecule has 0 saturated heterocycles. The first-order valence-corrected chi connectivity index (χ1v) is 13.6. The quantitative estimate of drug-likeness (QED) is 0.204. The molecule has 0 amide bonds. The molecule has 0 aliphatic rings. The van der Waals surface area contributed by atoms with Gasteiger partial charge in [0.05, 0.1) is 11.8 Å². The van der Waals surface area contributed by atoms with E-state index in [1.807, 2.05) is 0 Å². The molecule has 0 aliphatic carbocycles. The molecule has 0 radical (unpaired) electrons. The Hall–Kier alpha value is -1.97. The van der Waals surface area contributed by atoms with Crippen molar-refractivity contribution in [2.75, 3.05) is 6.16 Å². The summed E-state index contributed by atoms with van der Waals surface area (Å²) < 4.78 is 0. The molecule has 0 spiro atoms. The molecule has 3 heteroatoms. The van der Waals surface area contributed by atoms with Gasteiger partial charge in [-0.15, -0.1) is 0 Å². The van der Waals surface area contributed by atoms with Crippen LogP contribution in [0.1, 0.15) is 6.92 Å². The van der Waals surface area contributed by atoms with Gasteiger partial charge in [-0.3, -0.25) is 0 Å². The van der Waals surface area contributed by atoms with Crippen LogP contribution in [0.15, 0.2) is 121 Å². The van der Waals surface area contributed by atoms with Gasteiger partial charge in [0.15, 0.2) is 7.26 Å². The highest BCUT2D eigenvalue weighted by Gasteiger charge is 2.40. The maximum Gasteiger partial charge on any atom is 0.156 e. The molecule has 0 aliphatic heterocycles. The Balaban J connectivity index is 0.00000272. The van der Waals surface area contributed by atoms with Gasteiger partial charge >= 0.3 is 0 Å². The van der Waals surface area contributed by atoms with Gasteiger partial charge in [-0.1, -0.05) is 97.1 Å².